The molecule has 0 atom stereocenters. The van der Waals surface area contributed by atoms with Crippen LogP contribution in [0.25, 0.3) is 0 Å². The van der Waals surface area contributed by atoms with Crippen LogP contribution in [0, 0.1) is 0 Å². The van der Waals surface area contributed by atoms with E-state index < -0.39 is 0 Å². The molecule has 2 heterocycles. The molecular formula is C16H19NO2. The summed E-state index contributed by atoms with van der Waals surface area (Å²) in [5.41, 5.74) is 0. The lowest BCUT2D eigenvalue weighted by molar-refractivity contribution is 0.251. The Morgan fingerprint density at radius 3 is 2.68 bits per heavy atom. The zero-order valence-corrected chi connectivity index (χ0v) is 11.0. The quantitative estimate of drug-likeness (QED) is 0.829. The van der Waals surface area contributed by atoms with Gasteiger partial charge in [-0.2, -0.15) is 0 Å². The molecule has 0 radical (unpaired) electrons. The Morgan fingerprint density at radius 1 is 1.05 bits per heavy atom. The summed E-state index contributed by atoms with van der Waals surface area (Å²) in [5, 5.41) is 0. The minimum absolute atomic E-state index is 0.760. The van der Waals surface area contributed by atoms with Gasteiger partial charge in [-0.25, -0.2) is 0 Å². The fourth-order valence-corrected chi connectivity index (χ4v) is 2.44. The minimum Gasteiger partial charge on any atom is -0.457 e. The number of nitrogens with zero attached hydrogens (tertiary/aromatic N) is 1. The summed E-state index contributed by atoms with van der Waals surface area (Å²) in [5.74, 6) is 2.31. The van der Waals surface area contributed by atoms with Gasteiger partial charge in [0.2, 0.25) is 0 Å². The van der Waals surface area contributed by atoms with Crippen molar-refractivity contribution < 1.29 is 9.47 Å². The first kappa shape index (κ1) is 12.3. The molecule has 0 spiro atoms. The van der Waals surface area contributed by atoms with Crippen LogP contribution in [0.15, 0.2) is 48.4 Å². The maximum absolute atomic E-state index is 5.75. The molecule has 0 unspecified atom stereocenters. The number of fused-ring (bicyclic) bond motifs is 1. The molecule has 0 aromatic heterocycles. The maximum Gasteiger partial charge on any atom is 0.170 e. The lowest BCUT2D eigenvalue weighted by atomic mass is 10.1. The van der Waals surface area contributed by atoms with Gasteiger partial charge in [0.05, 0.1) is 0 Å². The molecule has 2 aliphatic rings. The topological polar surface area (TPSA) is 21.7 Å². The molecule has 1 aromatic rings. The minimum atomic E-state index is 0.760. The normalized spacial score (nSPS) is 19.5. The highest BCUT2D eigenvalue weighted by Gasteiger charge is 2.11. The third-order valence-electron chi connectivity index (χ3n) is 3.47. The highest BCUT2D eigenvalue weighted by Crippen LogP contribution is 2.31. The Balaban J connectivity index is 1.55. The molecule has 1 fully saturated rings. The van der Waals surface area contributed by atoms with Crippen LogP contribution < -0.4 is 9.47 Å². The highest BCUT2D eigenvalue weighted by atomic mass is 16.6. The average molecular weight is 257 g/mol. The van der Waals surface area contributed by atoms with Crippen molar-refractivity contribution in [2.45, 2.75) is 19.3 Å². The molecule has 0 amide bonds. The van der Waals surface area contributed by atoms with E-state index in [0.29, 0.717) is 0 Å². The van der Waals surface area contributed by atoms with Gasteiger partial charge in [0, 0.05) is 6.54 Å². The summed E-state index contributed by atoms with van der Waals surface area (Å²) in [6, 6.07) is 7.71. The van der Waals surface area contributed by atoms with Crippen LogP contribution in [0.1, 0.15) is 19.3 Å². The molecule has 100 valence electrons. The summed E-state index contributed by atoms with van der Waals surface area (Å²) >= 11 is 0. The second-order valence-corrected chi connectivity index (χ2v) is 4.95. The fourth-order valence-electron chi connectivity index (χ4n) is 2.44. The van der Waals surface area contributed by atoms with Gasteiger partial charge in [0.1, 0.15) is 6.26 Å². The Kier molecular flexibility index (Phi) is 3.84. The van der Waals surface area contributed by atoms with Crippen molar-refractivity contribution in [3.63, 3.8) is 0 Å². The van der Waals surface area contributed by atoms with Crippen LogP contribution in [-0.4, -0.2) is 24.5 Å². The van der Waals surface area contributed by atoms with Gasteiger partial charge in [-0.3, -0.25) is 4.90 Å². The molecule has 2 aliphatic heterocycles. The van der Waals surface area contributed by atoms with Gasteiger partial charge in [0.15, 0.2) is 17.3 Å². The lowest BCUT2D eigenvalue weighted by Crippen LogP contribution is -2.29. The molecule has 0 bridgehead atoms. The number of ether oxygens (including phenoxy) is 2. The molecule has 1 aromatic carbocycles. The molecular weight excluding hydrogens is 238 g/mol. The largest absolute Gasteiger partial charge is 0.457 e. The van der Waals surface area contributed by atoms with E-state index in [1.165, 1.54) is 32.4 Å². The predicted octanol–water partition coefficient (Wildman–Crippen LogP) is 3.34. The molecule has 3 rings (SSSR count). The number of hydrogen-bond donors (Lipinski definition) is 0. The number of allylic oxidation sites excluding steroid dienone is 1. The van der Waals surface area contributed by atoms with Crippen molar-refractivity contribution in [3.8, 4) is 11.5 Å². The van der Waals surface area contributed by atoms with Crippen molar-refractivity contribution in [3.05, 3.63) is 48.4 Å². The van der Waals surface area contributed by atoms with Crippen molar-refractivity contribution in [1.29, 1.82) is 0 Å². The number of rotatable bonds is 3. The Hall–Kier alpha value is -1.74. The summed E-state index contributed by atoms with van der Waals surface area (Å²) < 4.78 is 11.3. The fraction of sp³-hybridized carbons (Fsp3) is 0.375. The van der Waals surface area contributed by atoms with Gasteiger partial charge in [0.25, 0.3) is 0 Å². The van der Waals surface area contributed by atoms with Gasteiger partial charge in [-0.1, -0.05) is 24.6 Å². The van der Waals surface area contributed by atoms with E-state index in [4.69, 9.17) is 9.47 Å². The van der Waals surface area contributed by atoms with Crippen LogP contribution in [0.2, 0.25) is 0 Å². The van der Waals surface area contributed by atoms with E-state index in [1.54, 1.807) is 6.26 Å². The van der Waals surface area contributed by atoms with E-state index in [1.807, 2.05) is 30.3 Å². The second-order valence-electron chi connectivity index (χ2n) is 4.95. The third kappa shape index (κ3) is 3.18. The maximum atomic E-state index is 5.75. The van der Waals surface area contributed by atoms with Gasteiger partial charge in [-0.05, 0) is 44.1 Å². The van der Waals surface area contributed by atoms with Crippen molar-refractivity contribution in [2.75, 3.05) is 19.6 Å². The van der Waals surface area contributed by atoms with Crippen LogP contribution in [-0.2, 0) is 0 Å². The Labute approximate surface area is 114 Å². The summed E-state index contributed by atoms with van der Waals surface area (Å²) in [6.45, 7) is 3.41. The Morgan fingerprint density at radius 2 is 1.84 bits per heavy atom. The zero-order chi connectivity index (χ0) is 12.9. The monoisotopic (exact) mass is 257 g/mol. The highest BCUT2D eigenvalue weighted by molar-refractivity contribution is 5.43. The lowest BCUT2D eigenvalue weighted by Gasteiger charge is -2.24. The van der Waals surface area contributed by atoms with Crippen LogP contribution in [0.3, 0.4) is 0 Å². The molecule has 0 saturated carbocycles. The molecule has 0 N–H and O–H groups in total. The average Bonchev–Trinajstić information content (AvgIpc) is 2.48. The second kappa shape index (κ2) is 5.93. The smallest absolute Gasteiger partial charge is 0.170 e. The van der Waals surface area contributed by atoms with Gasteiger partial charge < -0.3 is 9.47 Å². The van der Waals surface area contributed by atoms with Crippen LogP contribution in [0.4, 0.5) is 0 Å². The van der Waals surface area contributed by atoms with E-state index in [2.05, 4.69) is 11.0 Å². The molecule has 3 heteroatoms. The predicted molar refractivity (Wildman–Crippen MR) is 75.2 cm³/mol. The van der Waals surface area contributed by atoms with Crippen LogP contribution in [0.5, 0.6) is 11.5 Å². The first-order chi connectivity index (χ1) is 9.42. The van der Waals surface area contributed by atoms with Crippen LogP contribution >= 0.6 is 0 Å². The summed E-state index contributed by atoms with van der Waals surface area (Å²) in [6.07, 6.45) is 9.82. The molecule has 3 nitrogen and oxygen atoms in total. The number of benzene rings is 1. The molecule has 19 heavy (non-hydrogen) atoms. The first-order valence-corrected chi connectivity index (χ1v) is 6.94. The summed E-state index contributed by atoms with van der Waals surface area (Å²) in [7, 11) is 0. The standard InChI is InChI=1S/C16H19NO2/c1-4-10-17(11-5-1)12-6-7-14-13-18-15-8-2-3-9-16(15)19-14/h2-3,6-9,13H,1,4-5,10-12H2. The number of para-hydroxylation sites is 2. The van der Waals surface area contributed by atoms with E-state index in [0.717, 1.165) is 23.8 Å². The third-order valence-corrected chi connectivity index (χ3v) is 3.47. The van der Waals surface area contributed by atoms with Gasteiger partial charge >= 0.3 is 0 Å². The van der Waals surface area contributed by atoms with Crippen molar-refractivity contribution in [1.82, 2.24) is 4.90 Å². The number of likely N-dealkylation sites (tertiary alicyclic amines) is 1. The van der Waals surface area contributed by atoms with E-state index >= 15 is 0 Å². The van der Waals surface area contributed by atoms with Crippen molar-refractivity contribution in [2.24, 2.45) is 0 Å². The number of piperidine rings is 1. The summed E-state index contributed by atoms with van der Waals surface area (Å²) in [4.78, 5) is 2.47. The zero-order valence-electron chi connectivity index (χ0n) is 11.0. The molecule has 0 aliphatic carbocycles. The number of hydrogen-bond acceptors (Lipinski definition) is 3. The van der Waals surface area contributed by atoms with E-state index in [9.17, 15) is 0 Å². The van der Waals surface area contributed by atoms with E-state index in [-0.39, 0.29) is 0 Å². The SMILES string of the molecule is C(=CC1=COc2ccccc2O1)CN1CCCCC1. The molecule has 1 saturated heterocycles. The van der Waals surface area contributed by atoms with Crippen molar-refractivity contribution >= 4 is 0 Å². The van der Waals surface area contributed by atoms with Gasteiger partial charge in [-0.15, -0.1) is 0 Å². The first-order valence-electron chi connectivity index (χ1n) is 6.94. The Bertz CT molecular complexity index is 487.